The molecule has 0 spiro atoms. The number of aliphatic hydroxyl groups is 1. The van der Waals surface area contributed by atoms with E-state index in [0.717, 1.165) is 0 Å². The van der Waals surface area contributed by atoms with E-state index in [1.807, 2.05) is 20.8 Å². The van der Waals surface area contributed by atoms with Crippen LogP contribution < -0.4 is 5.73 Å². The fourth-order valence-electron chi connectivity index (χ4n) is 1.01. The maximum Gasteiger partial charge on any atom is 0.0985 e. The van der Waals surface area contributed by atoms with Gasteiger partial charge in [-0.2, -0.15) is 0 Å². The summed E-state index contributed by atoms with van der Waals surface area (Å²) in [6.45, 7) is 6.09. The third-order valence-electron chi connectivity index (χ3n) is 1.52. The van der Waals surface area contributed by atoms with Crippen LogP contribution in [0.2, 0.25) is 0 Å². The Hall–Kier alpha value is -0.160. The lowest BCUT2D eigenvalue weighted by molar-refractivity contribution is -0.0967. The molecule has 3 N–H and O–H groups in total. The first kappa shape index (κ1) is 12.8. The highest BCUT2D eigenvalue weighted by molar-refractivity contribution is 4.75. The molecule has 80 valence electrons. The maximum absolute atomic E-state index is 9.03. The van der Waals surface area contributed by atoms with Crippen molar-refractivity contribution in [3.05, 3.63) is 0 Å². The van der Waals surface area contributed by atoms with E-state index < -0.39 is 0 Å². The molecule has 0 saturated heterocycles. The molecular formula is C9H21NO3. The van der Waals surface area contributed by atoms with Gasteiger partial charge in [-0.25, -0.2) is 0 Å². The minimum absolute atomic E-state index is 0.0816. The molecule has 0 rings (SSSR count). The number of hydrogen-bond donors (Lipinski definition) is 2. The Balaban J connectivity index is 4.01. The Kier molecular flexibility index (Phi) is 5.48. The molecule has 13 heavy (non-hydrogen) atoms. The zero-order valence-corrected chi connectivity index (χ0v) is 8.91. The summed E-state index contributed by atoms with van der Waals surface area (Å²) in [5, 5.41) is 9.03. The molecule has 0 aliphatic heterocycles. The molecule has 0 aromatic rings. The summed E-state index contributed by atoms with van der Waals surface area (Å²) in [6.07, 6.45) is -0.361. The van der Waals surface area contributed by atoms with Gasteiger partial charge in [0.05, 0.1) is 31.0 Å². The molecule has 0 fully saturated rings. The highest BCUT2D eigenvalue weighted by Gasteiger charge is 2.23. The van der Waals surface area contributed by atoms with E-state index >= 15 is 0 Å². The van der Waals surface area contributed by atoms with Gasteiger partial charge < -0.3 is 20.3 Å². The summed E-state index contributed by atoms with van der Waals surface area (Å²) in [7, 11) is 1.57. The minimum atomic E-state index is -0.361. The smallest absolute Gasteiger partial charge is 0.0985 e. The quantitative estimate of drug-likeness (QED) is 0.648. The Morgan fingerprint density at radius 3 is 2.23 bits per heavy atom. The van der Waals surface area contributed by atoms with Gasteiger partial charge in [-0.3, -0.25) is 0 Å². The summed E-state index contributed by atoms with van der Waals surface area (Å²) in [5.41, 5.74) is 5.44. The van der Waals surface area contributed by atoms with Crippen molar-refractivity contribution in [1.82, 2.24) is 0 Å². The van der Waals surface area contributed by atoms with Crippen LogP contribution in [-0.4, -0.2) is 43.2 Å². The van der Waals surface area contributed by atoms with Crippen molar-refractivity contribution in [2.24, 2.45) is 5.73 Å². The first-order chi connectivity index (χ1) is 5.90. The zero-order valence-electron chi connectivity index (χ0n) is 8.91. The zero-order chi connectivity index (χ0) is 10.5. The Bertz CT molecular complexity index is 133. The summed E-state index contributed by atoms with van der Waals surface area (Å²) in [5.74, 6) is 0. The van der Waals surface area contributed by atoms with Gasteiger partial charge in [-0.15, -0.1) is 0 Å². The molecule has 2 unspecified atom stereocenters. The predicted octanol–water partition coefficient (Wildman–Crippen LogP) is 0.136. The second kappa shape index (κ2) is 5.54. The van der Waals surface area contributed by atoms with Gasteiger partial charge >= 0.3 is 0 Å². The molecule has 0 aliphatic rings. The van der Waals surface area contributed by atoms with Crippen molar-refractivity contribution in [2.45, 2.75) is 38.5 Å². The summed E-state index contributed by atoms with van der Waals surface area (Å²) >= 11 is 0. The standard InChI is InChI=1S/C9H21NO3/c1-9(2,3)13-8(5-11)7(10)6-12-4/h7-8,11H,5-6,10H2,1-4H3. The van der Waals surface area contributed by atoms with Crippen LogP contribution in [0.1, 0.15) is 20.8 Å². The third-order valence-corrected chi connectivity index (χ3v) is 1.52. The SMILES string of the molecule is COCC(N)C(CO)OC(C)(C)C. The highest BCUT2D eigenvalue weighted by atomic mass is 16.5. The fraction of sp³-hybridized carbons (Fsp3) is 1.00. The first-order valence-electron chi connectivity index (χ1n) is 4.44. The maximum atomic E-state index is 9.03. The van der Waals surface area contributed by atoms with Crippen molar-refractivity contribution < 1.29 is 14.6 Å². The topological polar surface area (TPSA) is 64.7 Å². The van der Waals surface area contributed by atoms with Crippen molar-refractivity contribution >= 4 is 0 Å². The van der Waals surface area contributed by atoms with Gasteiger partial charge in [0.25, 0.3) is 0 Å². The number of aliphatic hydroxyl groups excluding tert-OH is 1. The Morgan fingerprint density at radius 1 is 1.38 bits per heavy atom. The van der Waals surface area contributed by atoms with Crippen LogP contribution in [0, 0.1) is 0 Å². The molecule has 0 aromatic heterocycles. The molecule has 0 saturated carbocycles. The van der Waals surface area contributed by atoms with Crippen molar-refractivity contribution in [1.29, 1.82) is 0 Å². The van der Waals surface area contributed by atoms with Gasteiger partial charge in [0.2, 0.25) is 0 Å². The lowest BCUT2D eigenvalue weighted by Gasteiger charge is -2.29. The van der Waals surface area contributed by atoms with Gasteiger partial charge in [0.15, 0.2) is 0 Å². The molecule has 0 heterocycles. The first-order valence-corrected chi connectivity index (χ1v) is 4.44. The van der Waals surface area contributed by atoms with Gasteiger partial charge in [-0.1, -0.05) is 0 Å². The summed E-state index contributed by atoms with van der Waals surface area (Å²) < 4.78 is 10.4. The van der Waals surface area contributed by atoms with E-state index in [4.69, 9.17) is 20.3 Å². The van der Waals surface area contributed by atoms with Crippen LogP contribution in [0.15, 0.2) is 0 Å². The average Bonchev–Trinajstić information content (AvgIpc) is 1.99. The molecule has 0 aromatic carbocycles. The molecule has 4 heteroatoms. The molecule has 4 nitrogen and oxygen atoms in total. The van der Waals surface area contributed by atoms with E-state index in [2.05, 4.69) is 0 Å². The molecular weight excluding hydrogens is 170 g/mol. The highest BCUT2D eigenvalue weighted by Crippen LogP contribution is 2.12. The van der Waals surface area contributed by atoms with Crippen LogP contribution in [-0.2, 0) is 9.47 Å². The van der Waals surface area contributed by atoms with Crippen LogP contribution >= 0.6 is 0 Å². The normalized spacial score (nSPS) is 17.1. The van der Waals surface area contributed by atoms with E-state index in [1.54, 1.807) is 7.11 Å². The van der Waals surface area contributed by atoms with Gasteiger partial charge in [0, 0.05) is 7.11 Å². The average molecular weight is 191 g/mol. The predicted molar refractivity (Wildman–Crippen MR) is 51.6 cm³/mol. The van der Waals surface area contributed by atoms with Crippen molar-refractivity contribution in [3.8, 4) is 0 Å². The number of ether oxygens (including phenoxy) is 2. The summed E-state index contributed by atoms with van der Waals surface area (Å²) in [6, 6.07) is -0.283. The van der Waals surface area contributed by atoms with E-state index in [-0.39, 0.29) is 24.4 Å². The molecule has 2 atom stereocenters. The number of hydrogen-bond acceptors (Lipinski definition) is 4. The van der Waals surface area contributed by atoms with Crippen molar-refractivity contribution in [2.75, 3.05) is 20.3 Å². The molecule has 0 radical (unpaired) electrons. The Morgan fingerprint density at radius 2 is 1.92 bits per heavy atom. The van der Waals surface area contributed by atoms with Crippen LogP contribution in [0.25, 0.3) is 0 Å². The minimum Gasteiger partial charge on any atom is -0.394 e. The van der Waals surface area contributed by atoms with Crippen molar-refractivity contribution in [3.63, 3.8) is 0 Å². The van der Waals surface area contributed by atoms with E-state index in [0.29, 0.717) is 6.61 Å². The third kappa shape index (κ3) is 5.99. The lowest BCUT2D eigenvalue weighted by atomic mass is 10.1. The van der Waals surface area contributed by atoms with Gasteiger partial charge in [0.1, 0.15) is 0 Å². The second-order valence-electron chi connectivity index (χ2n) is 4.07. The van der Waals surface area contributed by atoms with Gasteiger partial charge in [-0.05, 0) is 20.8 Å². The number of nitrogens with two attached hydrogens (primary N) is 1. The van der Waals surface area contributed by atoms with E-state index in [9.17, 15) is 0 Å². The molecule has 0 bridgehead atoms. The molecule has 0 aliphatic carbocycles. The lowest BCUT2D eigenvalue weighted by Crippen LogP contribution is -2.46. The monoisotopic (exact) mass is 191 g/mol. The van der Waals surface area contributed by atoms with Crippen LogP contribution in [0.5, 0.6) is 0 Å². The largest absolute Gasteiger partial charge is 0.394 e. The van der Waals surface area contributed by atoms with E-state index in [1.165, 1.54) is 0 Å². The number of methoxy groups -OCH3 is 1. The molecule has 0 amide bonds. The number of rotatable bonds is 5. The fourth-order valence-corrected chi connectivity index (χ4v) is 1.01. The van der Waals surface area contributed by atoms with Crippen LogP contribution in [0.4, 0.5) is 0 Å². The summed E-state index contributed by atoms with van der Waals surface area (Å²) in [4.78, 5) is 0. The second-order valence-corrected chi connectivity index (χ2v) is 4.07. The Labute approximate surface area is 80.0 Å². The van der Waals surface area contributed by atoms with Crippen LogP contribution in [0.3, 0.4) is 0 Å².